The van der Waals surface area contributed by atoms with E-state index < -0.39 is 0 Å². The summed E-state index contributed by atoms with van der Waals surface area (Å²) in [6, 6.07) is 5.63. The number of halogens is 2. The largest absolute Gasteiger partial charge is 0.338 e. The first kappa shape index (κ1) is 17.3. The lowest BCUT2D eigenvalue weighted by Gasteiger charge is -2.42. The number of hydrogen-bond donors (Lipinski definition) is 1. The summed E-state index contributed by atoms with van der Waals surface area (Å²) >= 11 is 6.02. The molecule has 1 aromatic rings. The maximum absolute atomic E-state index is 12.5. The second-order valence-corrected chi connectivity index (χ2v) is 6.56. The van der Waals surface area contributed by atoms with Crippen molar-refractivity contribution < 1.29 is 4.79 Å². The lowest BCUT2D eigenvalue weighted by molar-refractivity contribution is 0.0533. The average molecular weight is 317 g/mol. The fourth-order valence-corrected chi connectivity index (χ4v) is 2.88. The summed E-state index contributed by atoms with van der Waals surface area (Å²) < 4.78 is 0. The van der Waals surface area contributed by atoms with Crippen molar-refractivity contribution in [3.63, 3.8) is 0 Å². The van der Waals surface area contributed by atoms with Gasteiger partial charge in [-0.25, -0.2) is 0 Å². The molecule has 1 aliphatic rings. The molecule has 2 rings (SSSR count). The van der Waals surface area contributed by atoms with E-state index in [4.69, 9.17) is 17.3 Å². The highest BCUT2D eigenvalue weighted by molar-refractivity contribution is 6.31. The van der Waals surface area contributed by atoms with Crippen LogP contribution in [0.1, 0.15) is 36.2 Å². The van der Waals surface area contributed by atoms with Gasteiger partial charge in [0.2, 0.25) is 0 Å². The van der Waals surface area contributed by atoms with Gasteiger partial charge in [-0.15, -0.1) is 12.4 Å². The first-order valence-corrected chi connectivity index (χ1v) is 6.99. The van der Waals surface area contributed by atoms with E-state index in [0.717, 1.165) is 18.5 Å². The van der Waals surface area contributed by atoms with Gasteiger partial charge in [0, 0.05) is 29.7 Å². The van der Waals surface area contributed by atoms with Gasteiger partial charge in [-0.1, -0.05) is 25.4 Å². The molecular formula is C15H22Cl2N2O. The Morgan fingerprint density at radius 3 is 2.60 bits per heavy atom. The van der Waals surface area contributed by atoms with Crippen molar-refractivity contribution in [2.75, 3.05) is 13.1 Å². The Bertz CT molecular complexity index is 482. The number of benzene rings is 1. The fourth-order valence-electron chi connectivity index (χ4n) is 2.59. The highest BCUT2D eigenvalue weighted by Gasteiger charge is 2.35. The number of carbonyl (C=O) groups is 1. The van der Waals surface area contributed by atoms with Crippen molar-refractivity contribution in [2.24, 2.45) is 11.1 Å². The number of piperidine rings is 1. The van der Waals surface area contributed by atoms with E-state index in [-0.39, 0.29) is 29.8 Å². The summed E-state index contributed by atoms with van der Waals surface area (Å²) in [6.45, 7) is 7.58. The Balaban J connectivity index is 0.00000200. The number of nitrogens with zero attached hydrogens (tertiary/aromatic N) is 1. The van der Waals surface area contributed by atoms with E-state index >= 15 is 0 Å². The molecule has 1 aliphatic heterocycles. The maximum Gasteiger partial charge on any atom is 0.253 e. The molecule has 2 N–H and O–H groups in total. The normalized spacial score (nSPS) is 21.2. The number of hydrogen-bond acceptors (Lipinski definition) is 2. The number of amides is 1. The molecular weight excluding hydrogens is 295 g/mol. The molecule has 0 radical (unpaired) electrons. The molecule has 112 valence electrons. The molecule has 0 aliphatic carbocycles. The van der Waals surface area contributed by atoms with Crippen LogP contribution in [0.15, 0.2) is 18.2 Å². The quantitative estimate of drug-likeness (QED) is 0.864. The molecule has 1 saturated heterocycles. The van der Waals surface area contributed by atoms with Gasteiger partial charge >= 0.3 is 0 Å². The van der Waals surface area contributed by atoms with E-state index in [0.29, 0.717) is 17.1 Å². The van der Waals surface area contributed by atoms with Crippen LogP contribution in [0.5, 0.6) is 0 Å². The molecule has 0 aromatic heterocycles. The maximum atomic E-state index is 12.5. The molecule has 1 atom stereocenters. The minimum absolute atomic E-state index is 0. The third-order valence-electron chi connectivity index (χ3n) is 3.89. The minimum atomic E-state index is -0.0401. The Labute approximate surface area is 131 Å². The third-order valence-corrected chi connectivity index (χ3v) is 4.11. The van der Waals surface area contributed by atoms with Gasteiger partial charge in [-0.05, 0) is 42.5 Å². The van der Waals surface area contributed by atoms with Crippen LogP contribution in [-0.4, -0.2) is 29.9 Å². The van der Waals surface area contributed by atoms with E-state index in [1.807, 2.05) is 24.0 Å². The standard InChI is InChI=1S/C15H21ClN2O.ClH/c1-10-6-11(8-12(16)7-10)14(19)18-5-4-13(17)15(2,3)9-18;/h6-8,13H,4-5,9,17H2,1-3H3;1H. The molecule has 3 nitrogen and oxygen atoms in total. The van der Waals surface area contributed by atoms with Crippen LogP contribution in [-0.2, 0) is 0 Å². The van der Waals surface area contributed by atoms with Gasteiger partial charge in [0.15, 0.2) is 0 Å². The average Bonchev–Trinajstić information content (AvgIpc) is 2.30. The zero-order valence-corrected chi connectivity index (χ0v) is 13.7. The first-order chi connectivity index (χ1) is 8.79. The van der Waals surface area contributed by atoms with Gasteiger partial charge < -0.3 is 10.6 Å². The van der Waals surface area contributed by atoms with Crippen LogP contribution in [0, 0.1) is 12.3 Å². The minimum Gasteiger partial charge on any atom is -0.338 e. The number of carbonyl (C=O) groups excluding carboxylic acids is 1. The van der Waals surface area contributed by atoms with E-state index in [2.05, 4.69) is 13.8 Å². The second-order valence-electron chi connectivity index (χ2n) is 6.13. The first-order valence-electron chi connectivity index (χ1n) is 6.62. The van der Waals surface area contributed by atoms with Crippen molar-refractivity contribution in [1.29, 1.82) is 0 Å². The predicted molar refractivity (Wildman–Crippen MR) is 85.7 cm³/mol. The molecule has 20 heavy (non-hydrogen) atoms. The molecule has 1 aromatic carbocycles. The van der Waals surface area contributed by atoms with Crippen molar-refractivity contribution >= 4 is 29.9 Å². The van der Waals surface area contributed by atoms with E-state index in [1.165, 1.54) is 0 Å². The van der Waals surface area contributed by atoms with Crippen LogP contribution in [0.2, 0.25) is 5.02 Å². The fraction of sp³-hybridized carbons (Fsp3) is 0.533. The van der Waals surface area contributed by atoms with Crippen molar-refractivity contribution in [3.8, 4) is 0 Å². The van der Waals surface area contributed by atoms with Gasteiger partial charge in [0.05, 0.1) is 0 Å². The van der Waals surface area contributed by atoms with Crippen molar-refractivity contribution in [3.05, 3.63) is 34.3 Å². The second kappa shape index (κ2) is 6.33. The number of nitrogens with two attached hydrogens (primary N) is 1. The van der Waals surface area contributed by atoms with E-state index in [9.17, 15) is 4.79 Å². The Morgan fingerprint density at radius 1 is 1.40 bits per heavy atom. The molecule has 0 bridgehead atoms. The van der Waals surface area contributed by atoms with Crippen LogP contribution in [0.3, 0.4) is 0 Å². The summed E-state index contributed by atoms with van der Waals surface area (Å²) in [4.78, 5) is 14.4. The number of likely N-dealkylation sites (tertiary alicyclic amines) is 1. The topological polar surface area (TPSA) is 46.3 Å². The van der Waals surface area contributed by atoms with E-state index in [1.54, 1.807) is 6.07 Å². The number of rotatable bonds is 1. The zero-order chi connectivity index (χ0) is 14.2. The zero-order valence-electron chi connectivity index (χ0n) is 12.1. The van der Waals surface area contributed by atoms with Crippen LogP contribution in [0.25, 0.3) is 0 Å². The third kappa shape index (κ3) is 3.66. The molecule has 5 heteroatoms. The monoisotopic (exact) mass is 316 g/mol. The Hall–Kier alpha value is -0.770. The molecule has 1 amide bonds. The lowest BCUT2D eigenvalue weighted by Crippen LogP contribution is -2.54. The van der Waals surface area contributed by atoms with Crippen molar-refractivity contribution in [2.45, 2.75) is 33.2 Å². The summed E-state index contributed by atoms with van der Waals surface area (Å²) in [5, 5.41) is 0.608. The van der Waals surface area contributed by atoms with Crippen LogP contribution < -0.4 is 5.73 Å². The summed E-state index contributed by atoms with van der Waals surface area (Å²) in [6.07, 6.45) is 0.846. The Kier molecular flexibility index (Phi) is 5.47. The van der Waals surface area contributed by atoms with Gasteiger partial charge in [-0.3, -0.25) is 4.79 Å². The molecule has 1 unspecified atom stereocenters. The van der Waals surface area contributed by atoms with Crippen molar-refractivity contribution in [1.82, 2.24) is 4.90 Å². The SMILES string of the molecule is Cc1cc(Cl)cc(C(=O)N2CCC(N)C(C)(C)C2)c1.Cl. The summed E-state index contributed by atoms with van der Waals surface area (Å²) in [5.41, 5.74) is 7.73. The molecule has 0 saturated carbocycles. The van der Waals surface area contributed by atoms with Crippen LogP contribution in [0.4, 0.5) is 0 Å². The van der Waals surface area contributed by atoms with Crippen LogP contribution >= 0.6 is 24.0 Å². The highest BCUT2D eigenvalue weighted by atomic mass is 35.5. The molecule has 1 heterocycles. The Morgan fingerprint density at radius 2 is 2.05 bits per heavy atom. The molecule has 0 spiro atoms. The summed E-state index contributed by atoms with van der Waals surface area (Å²) in [7, 11) is 0. The highest BCUT2D eigenvalue weighted by Crippen LogP contribution is 2.29. The summed E-state index contributed by atoms with van der Waals surface area (Å²) in [5.74, 6) is 0.0468. The number of aryl methyl sites for hydroxylation is 1. The smallest absolute Gasteiger partial charge is 0.253 e. The van der Waals surface area contributed by atoms with Gasteiger partial charge in [-0.2, -0.15) is 0 Å². The lowest BCUT2D eigenvalue weighted by atomic mass is 9.79. The van der Waals surface area contributed by atoms with Gasteiger partial charge in [0.25, 0.3) is 5.91 Å². The predicted octanol–water partition coefficient (Wildman–Crippen LogP) is 3.27. The molecule has 1 fully saturated rings. The van der Waals surface area contributed by atoms with Gasteiger partial charge in [0.1, 0.15) is 0 Å².